The Balaban J connectivity index is 1.79. The first-order chi connectivity index (χ1) is 15.9. The molecule has 6 nitrogen and oxygen atoms in total. The highest BCUT2D eigenvalue weighted by Gasteiger charge is 2.31. The third-order valence-electron chi connectivity index (χ3n) is 5.02. The normalized spacial score (nSPS) is 14.5. The van der Waals surface area contributed by atoms with Crippen molar-refractivity contribution in [1.29, 1.82) is 0 Å². The minimum atomic E-state index is -0.575. The third-order valence-corrected chi connectivity index (χ3v) is 5.59. The summed E-state index contributed by atoms with van der Waals surface area (Å²) in [5, 5.41) is 12.0. The van der Waals surface area contributed by atoms with E-state index in [1.165, 1.54) is 17.0 Å². The third kappa shape index (κ3) is 4.77. The molecule has 0 aliphatic carbocycles. The predicted octanol–water partition coefficient (Wildman–Crippen LogP) is 6.77. The van der Waals surface area contributed by atoms with Gasteiger partial charge in [-0.3, -0.25) is 19.8 Å². The number of rotatable bonds is 6. The largest absolute Gasteiger partial charge is 0.494 e. The van der Waals surface area contributed by atoms with Gasteiger partial charge in [-0.25, -0.2) is 0 Å². The predicted molar refractivity (Wildman–Crippen MR) is 131 cm³/mol. The van der Waals surface area contributed by atoms with E-state index in [4.69, 9.17) is 27.9 Å². The second-order valence-corrected chi connectivity index (χ2v) is 8.02. The molecule has 1 aliphatic rings. The first kappa shape index (κ1) is 22.6. The van der Waals surface area contributed by atoms with Gasteiger partial charge in [0.1, 0.15) is 10.8 Å². The number of carbonyl (C=O) groups excluding carboxylic acids is 1. The number of ether oxygens (including phenoxy) is 1. The number of carbonyl (C=O) groups is 1. The zero-order chi connectivity index (χ0) is 23.5. The molecule has 8 heteroatoms. The van der Waals surface area contributed by atoms with Gasteiger partial charge in [0.15, 0.2) is 0 Å². The van der Waals surface area contributed by atoms with Crippen molar-refractivity contribution < 1.29 is 14.5 Å². The lowest BCUT2D eigenvalue weighted by atomic mass is 10.1. The highest BCUT2D eigenvalue weighted by molar-refractivity contribution is 6.33. The van der Waals surface area contributed by atoms with Crippen LogP contribution in [0.15, 0.2) is 78.4 Å². The molecule has 0 unspecified atom stereocenters. The first-order valence-corrected chi connectivity index (χ1v) is 10.8. The number of hydrogen-bond donors (Lipinski definition) is 0. The Morgan fingerprint density at radius 3 is 2.36 bits per heavy atom. The maximum Gasteiger partial charge on any atom is 0.289 e. The summed E-state index contributed by atoms with van der Waals surface area (Å²) in [6, 6.07) is 18.7. The molecule has 1 heterocycles. The van der Waals surface area contributed by atoms with Crippen LogP contribution in [0.3, 0.4) is 0 Å². The zero-order valence-corrected chi connectivity index (χ0v) is 19.0. The van der Waals surface area contributed by atoms with E-state index in [0.29, 0.717) is 28.6 Å². The lowest BCUT2D eigenvalue weighted by Crippen LogP contribution is -2.25. The number of amides is 1. The number of halogens is 2. The molecule has 166 valence electrons. The maximum absolute atomic E-state index is 13.4. The van der Waals surface area contributed by atoms with Crippen LogP contribution in [0.5, 0.6) is 5.75 Å². The maximum atomic E-state index is 13.4. The van der Waals surface area contributed by atoms with E-state index >= 15 is 0 Å². The van der Waals surface area contributed by atoms with Crippen LogP contribution in [0.25, 0.3) is 11.8 Å². The number of nitro benzene ring substituents is 1. The van der Waals surface area contributed by atoms with Crippen LogP contribution in [0, 0.1) is 10.1 Å². The lowest BCUT2D eigenvalue weighted by molar-refractivity contribution is -0.384. The Hall–Kier alpha value is -3.61. The molecule has 0 fully saturated rings. The first-order valence-electron chi connectivity index (χ1n) is 10.1. The highest BCUT2D eigenvalue weighted by Crippen LogP contribution is 2.38. The van der Waals surface area contributed by atoms with Crippen molar-refractivity contribution >= 4 is 52.3 Å². The van der Waals surface area contributed by atoms with Gasteiger partial charge in [0.2, 0.25) is 0 Å². The standard InChI is InChI=1S/C25H18Cl2N2O4/c1-2-33-21-10-3-16(4-11-21)13-18-14-23(17-5-7-19(26)8-6-17)28(25(18)30)20-9-12-22(27)24(15-20)29(31)32/h3-15H,2H2,1H3/b18-13+. The SMILES string of the molecule is CCOc1ccc(/C=C2\C=C(c3ccc(Cl)cc3)N(c3ccc(Cl)c([N+](=O)[O-])c3)C2=O)cc1. The molecule has 0 atom stereocenters. The van der Waals surface area contributed by atoms with Crippen LogP contribution >= 0.6 is 23.2 Å². The van der Waals surface area contributed by atoms with E-state index in [-0.39, 0.29) is 16.6 Å². The quantitative estimate of drug-likeness (QED) is 0.221. The topological polar surface area (TPSA) is 72.7 Å². The van der Waals surface area contributed by atoms with Gasteiger partial charge in [-0.05, 0) is 66.6 Å². The van der Waals surface area contributed by atoms with E-state index < -0.39 is 4.92 Å². The Labute approximate surface area is 200 Å². The van der Waals surface area contributed by atoms with Crippen molar-refractivity contribution in [3.63, 3.8) is 0 Å². The van der Waals surface area contributed by atoms with Gasteiger partial charge in [0, 0.05) is 16.7 Å². The minimum absolute atomic E-state index is 0.00225. The van der Waals surface area contributed by atoms with Gasteiger partial charge < -0.3 is 4.74 Å². The number of benzene rings is 3. The molecule has 0 saturated carbocycles. The van der Waals surface area contributed by atoms with E-state index in [9.17, 15) is 14.9 Å². The average Bonchev–Trinajstić information content (AvgIpc) is 3.12. The van der Waals surface area contributed by atoms with Gasteiger partial charge in [-0.2, -0.15) is 0 Å². The molecule has 0 aromatic heterocycles. The molecule has 0 radical (unpaired) electrons. The molecule has 0 saturated heterocycles. The molecule has 0 N–H and O–H groups in total. The second-order valence-electron chi connectivity index (χ2n) is 7.17. The fraction of sp³-hybridized carbons (Fsp3) is 0.0800. The smallest absolute Gasteiger partial charge is 0.289 e. The Kier molecular flexibility index (Phi) is 6.49. The summed E-state index contributed by atoms with van der Waals surface area (Å²) in [4.78, 5) is 25.7. The molecule has 0 bridgehead atoms. The number of hydrogen-bond acceptors (Lipinski definition) is 4. The van der Waals surface area contributed by atoms with E-state index in [1.807, 2.05) is 31.2 Å². The van der Waals surface area contributed by atoms with Gasteiger partial charge in [-0.1, -0.05) is 47.5 Å². The summed E-state index contributed by atoms with van der Waals surface area (Å²) in [6.45, 7) is 2.47. The fourth-order valence-corrected chi connectivity index (χ4v) is 3.80. The summed E-state index contributed by atoms with van der Waals surface area (Å²) in [5.74, 6) is 0.426. The van der Waals surface area contributed by atoms with Gasteiger partial charge in [0.25, 0.3) is 11.6 Å². The molecule has 33 heavy (non-hydrogen) atoms. The Bertz CT molecular complexity index is 1280. The Morgan fingerprint density at radius 2 is 1.73 bits per heavy atom. The van der Waals surface area contributed by atoms with Crippen LogP contribution in [0.4, 0.5) is 11.4 Å². The molecule has 4 rings (SSSR count). The van der Waals surface area contributed by atoms with Crippen molar-refractivity contribution in [3.05, 3.63) is 110 Å². The molecular formula is C25H18Cl2N2O4. The van der Waals surface area contributed by atoms with Crippen molar-refractivity contribution in [2.45, 2.75) is 6.92 Å². The van der Waals surface area contributed by atoms with E-state index in [2.05, 4.69) is 0 Å². The van der Waals surface area contributed by atoms with E-state index in [0.717, 1.165) is 16.9 Å². The van der Waals surface area contributed by atoms with Crippen molar-refractivity contribution in [2.75, 3.05) is 11.5 Å². The van der Waals surface area contributed by atoms with Crippen molar-refractivity contribution in [2.24, 2.45) is 0 Å². The van der Waals surface area contributed by atoms with Gasteiger partial charge >= 0.3 is 0 Å². The molecule has 3 aromatic carbocycles. The number of anilines is 1. The van der Waals surface area contributed by atoms with Crippen LogP contribution in [0.1, 0.15) is 18.1 Å². The molecule has 3 aromatic rings. The number of nitrogens with zero attached hydrogens (tertiary/aromatic N) is 2. The van der Waals surface area contributed by atoms with Crippen LogP contribution in [0.2, 0.25) is 10.0 Å². The number of nitro groups is 1. The monoisotopic (exact) mass is 480 g/mol. The summed E-state index contributed by atoms with van der Waals surface area (Å²) in [6.07, 6.45) is 3.51. The molecule has 1 amide bonds. The zero-order valence-electron chi connectivity index (χ0n) is 17.5. The van der Waals surface area contributed by atoms with E-state index in [1.54, 1.807) is 42.5 Å². The van der Waals surface area contributed by atoms with Crippen LogP contribution in [-0.4, -0.2) is 17.4 Å². The van der Waals surface area contributed by atoms with Crippen LogP contribution in [-0.2, 0) is 4.79 Å². The van der Waals surface area contributed by atoms with Crippen LogP contribution < -0.4 is 9.64 Å². The summed E-state index contributed by atoms with van der Waals surface area (Å²) in [7, 11) is 0. The fourth-order valence-electron chi connectivity index (χ4n) is 3.49. The summed E-state index contributed by atoms with van der Waals surface area (Å²) in [5.41, 5.74) is 2.62. The summed E-state index contributed by atoms with van der Waals surface area (Å²) >= 11 is 12.0. The average molecular weight is 481 g/mol. The molecule has 0 spiro atoms. The van der Waals surface area contributed by atoms with Crippen molar-refractivity contribution in [1.82, 2.24) is 0 Å². The van der Waals surface area contributed by atoms with Gasteiger partial charge in [-0.15, -0.1) is 0 Å². The van der Waals surface area contributed by atoms with Crippen molar-refractivity contribution in [3.8, 4) is 5.75 Å². The van der Waals surface area contributed by atoms with Gasteiger partial charge in [0.05, 0.1) is 22.9 Å². The second kappa shape index (κ2) is 9.48. The lowest BCUT2D eigenvalue weighted by Gasteiger charge is -2.21. The minimum Gasteiger partial charge on any atom is -0.494 e. The Morgan fingerprint density at radius 1 is 1.03 bits per heavy atom. The molecular weight excluding hydrogens is 463 g/mol. The molecule has 1 aliphatic heterocycles. The summed E-state index contributed by atoms with van der Waals surface area (Å²) < 4.78 is 5.47. The highest BCUT2D eigenvalue weighted by atomic mass is 35.5.